The highest BCUT2D eigenvalue weighted by molar-refractivity contribution is 7.89. The van der Waals surface area contributed by atoms with Crippen LogP contribution in [-0.4, -0.2) is 67.9 Å². The summed E-state index contributed by atoms with van der Waals surface area (Å²) in [5, 5.41) is 3.06. The number of aromatic nitrogens is 1. The molecule has 0 radical (unpaired) electrons. The fourth-order valence-corrected chi connectivity index (χ4v) is 5.95. The van der Waals surface area contributed by atoms with Gasteiger partial charge in [-0.25, -0.2) is 13.4 Å². The van der Waals surface area contributed by atoms with E-state index in [9.17, 15) is 13.2 Å². The van der Waals surface area contributed by atoms with E-state index >= 15 is 0 Å². The molecule has 3 heterocycles. The van der Waals surface area contributed by atoms with Crippen LogP contribution in [0.5, 0.6) is 0 Å². The number of carbonyl (C=O) groups excluding carboxylic acids is 1. The Hall–Kier alpha value is -2.07. The van der Waals surface area contributed by atoms with Crippen LogP contribution < -0.4 is 0 Å². The number of likely N-dealkylation sites (tertiary alicyclic amines) is 1. The smallest absolute Gasteiger partial charge is 0.246 e. The van der Waals surface area contributed by atoms with Gasteiger partial charge >= 0.3 is 0 Å². The molecule has 0 N–H and O–H groups in total. The normalized spacial score (nSPS) is 21.2. The second-order valence-electron chi connectivity index (χ2n) is 7.41. The van der Waals surface area contributed by atoms with E-state index in [2.05, 4.69) is 4.98 Å². The maximum atomic E-state index is 12.7. The Kier molecular flexibility index (Phi) is 6.62. The first kappa shape index (κ1) is 21.2. The Morgan fingerprint density at radius 3 is 2.63 bits per heavy atom. The highest BCUT2D eigenvalue weighted by Gasteiger charge is 2.26. The molecule has 2 aliphatic rings. The lowest BCUT2D eigenvalue weighted by Gasteiger charge is -2.31. The van der Waals surface area contributed by atoms with Gasteiger partial charge in [0.25, 0.3) is 0 Å². The zero-order chi connectivity index (χ0) is 21.0. The first-order valence-electron chi connectivity index (χ1n) is 10.1. The molecule has 2 aliphatic heterocycles. The Morgan fingerprint density at radius 2 is 1.93 bits per heavy atom. The maximum Gasteiger partial charge on any atom is 0.246 e. The molecule has 2 saturated heterocycles. The van der Waals surface area contributed by atoms with E-state index in [4.69, 9.17) is 4.74 Å². The molecule has 1 aromatic carbocycles. The van der Waals surface area contributed by atoms with Gasteiger partial charge in [0.05, 0.1) is 23.1 Å². The predicted molar refractivity (Wildman–Crippen MR) is 116 cm³/mol. The molecule has 4 rings (SSSR count). The van der Waals surface area contributed by atoms with Gasteiger partial charge in [0.2, 0.25) is 15.9 Å². The quantitative estimate of drug-likeness (QED) is 0.658. The van der Waals surface area contributed by atoms with Crippen LogP contribution >= 0.6 is 11.3 Å². The van der Waals surface area contributed by atoms with Crippen LogP contribution in [-0.2, 0) is 19.6 Å². The molecule has 7 nitrogen and oxygen atoms in total. The van der Waals surface area contributed by atoms with Crippen LogP contribution in [0.25, 0.3) is 6.08 Å². The van der Waals surface area contributed by atoms with Crippen molar-refractivity contribution >= 4 is 33.3 Å². The minimum atomic E-state index is -3.51. The van der Waals surface area contributed by atoms with E-state index in [0.29, 0.717) is 38.8 Å². The number of hydrogen-bond donors (Lipinski definition) is 0. The molecular weight excluding hydrogens is 422 g/mol. The molecule has 9 heteroatoms. The molecule has 1 aromatic heterocycles. The van der Waals surface area contributed by atoms with Gasteiger partial charge in [-0.3, -0.25) is 4.79 Å². The van der Waals surface area contributed by atoms with Crippen molar-refractivity contribution in [1.82, 2.24) is 14.2 Å². The standard InChI is InChI=1S/C21H25N3O4S2/c25-20(23-10-1-2-18(16-23)21-22-9-15-29-21)8-5-17-3-6-19(7-4-17)30(26,27)24-11-13-28-14-12-24/h3-9,15,18H,1-2,10-14,16H2/b8-5+. The third-order valence-electron chi connectivity index (χ3n) is 5.44. The molecule has 30 heavy (non-hydrogen) atoms. The fourth-order valence-electron chi connectivity index (χ4n) is 3.77. The minimum absolute atomic E-state index is 0.0266. The van der Waals surface area contributed by atoms with Crippen molar-refractivity contribution < 1.29 is 17.9 Å². The molecule has 160 valence electrons. The summed E-state index contributed by atoms with van der Waals surface area (Å²) < 4.78 is 32.0. The second kappa shape index (κ2) is 9.38. The molecule has 0 spiro atoms. The second-order valence-corrected chi connectivity index (χ2v) is 10.3. The summed E-state index contributed by atoms with van der Waals surface area (Å²) in [5.41, 5.74) is 0.790. The fraction of sp³-hybridized carbons (Fsp3) is 0.429. The molecule has 0 saturated carbocycles. The van der Waals surface area contributed by atoms with Crippen LogP contribution in [0.4, 0.5) is 0 Å². The minimum Gasteiger partial charge on any atom is -0.379 e. The lowest BCUT2D eigenvalue weighted by molar-refractivity contribution is -0.127. The van der Waals surface area contributed by atoms with Crippen LogP contribution in [0, 0.1) is 0 Å². The SMILES string of the molecule is O=C(/C=C/c1ccc(S(=O)(=O)N2CCOCC2)cc1)N1CCCC(c2nccs2)C1. The Bertz CT molecular complexity index is 982. The summed E-state index contributed by atoms with van der Waals surface area (Å²) in [6.07, 6.45) is 7.14. The van der Waals surface area contributed by atoms with E-state index in [1.807, 2.05) is 16.5 Å². The van der Waals surface area contributed by atoms with Gasteiger partial charge in [-0.05, 0) is 36.6 Å². The van der Waals surface area contributed by atoms with E-state index < -0.39 is 10.0 Å². The number of ether oxygens (including phenoxy) is 1. The van der Waals surface area contributed by atoms with Gasteiger partial charge in [0, 0.05) is 49.7 Å². The molecule has 1 unspecified atom stereocenters. The van der Waals surface area contributed by atoms with Gasteiger partial charge in [-0.1, -0.05) is 12.1 Å². The average molecular weight is 448 g/mol. The van der Waals surface area contributed by atoms with Crippen molar-refractivity contribution in [2.75, 3.05) is 39.4 Å². The molecule has 1 amide bonds. The number of nitrogens with zero attached hydrogens (tertiary/aromatic N) is 3. The average Bonchev–Trinajstić information content (AvgIpc) is 3.33. The number of amides is 1. The van der Waals surface area contributed by atoms with E-state index in [1.54, 1.807) is 47.8 Å². The Balaban J connectivity index is 1.38. The number of sulfonamides is 1. The molecule has 0 aliphatic carbocycles. The highest BCUT2D eigenvalue weighted by Crippen LogP contribution is 2.28. The lowest BCUT2D eigenvalue weighted by atomic mass is 9.98. The van der Waals surface area contributed by atoms with Gasteiger partial charge in [-0.15, -0.1) is 11.3 Å². The number of piperidine rings is 1. The number of benzene rings is 1. The topological polar surface area (TPSA) is 79.8 Å². The summed E-state index contributed by atoms with van der Waals surface area (Å²) in [5.74, 6) is 0.280. The van der Waals surface area contributed by atoms with Crippen molar-refractivity contribution in [1.29, 1.82) is 0 Å². The van der Waals surface area contributed by atoms with E-state index in [-0.39, 0.29) is 10.8 Å². The van der Waals surface area contributed by atoms with Crippen molar-refractivity contribution in [3.8, 4) is 0 Å². The molecule has 0 bridgehead atoms. The Morgan fingerprint density at radius 1 is 1.17 bits per heavy atom. The lowest BCUT2D eigenvalue weighted by Crippen LogP contribution is -2.40. The third-order valence-corrected chi connectivity index (χ3v) is 8.29. The third kappa shape index (κ3) is 4.80. The Labute approximate surface area is 181 Å². The van der Waals surface area contributed by atoms with E-state index in [0.717, 1.165) is 30.0 Å². The summed E-state index contributed by atoms with van der Waals surface area (Å²) in [4.78, 5) is 19.1. The number of rotatable bonds is 5. The predicted octanol–water partition coefficient (Wildman–Crippen LogP) is 2.58. The molecular formula is C21H25N3O4S2. The van der Waals surface area contributed by atoms with Crippen molar-refractivity contribution in [3.63, 3.8) is 0 Å². The largest absolute Gasteiger partial charge is 0.379 e. The summed E-state index contributed by atoms with van der Waals surface area (Å²) >= 11 is 1.64. The van der Waals surface area contributed by atoms with Crippen molar-refractivity contribution in [2.24, 2.45) is 0 Å². The number of carbonyl (C=O) groups is 1. The van der Waals surface area contributed by atoms with Crippen molar-refractivity contribution in [3.05, 3.63) is 52.5 Å². The molecule has 2 aromatic rings. The first-order chi connectivity index (χ1) is 14.5. The van der Waals surface area contributed by atoms with E-state index in [1.165, 1.54) is 4.31 Å². The number of hydrogen-bond acceptors (Lipinski definition) is 6. The zero-order valence-electron chi connectivity index (χ0n) is 16.6. The monoisotopic (exact) mass is 447 g/mol. The first-order valence-corrected chi connectivity index (χ1v) is 12.4. The number of morpholine rings is 1. The van der Waals surface area contributed by atoms with Gasteiger partial charge in [0.1, 0.15) is 0 Å². The van der Waals surface area contributed by atoms with Gasteiger partial charge < -0.3 is 9.64 Å². The van der Waals surface area contributed by atoms with Crippen LogP contribution in [0.2, 0.25) is 0 Å². The molecule has 2 fully saturated rings. The van der Waals surface area contributed by atoms with Gasteiger partial charge in [-0.2, -0.15) is 4.31 Å². The van der Waals surface area contributed by atoms with Crippen LogP contribution in [0.3, 0.4) is 0 Å². The zero-order valence-corrected chi connectivity index (χ0v) is 18.3. The van der Waals surface area contributed by atoms with Crippen molar-refractivity contribution in [2.45, 2.75) is 23.7 Å². The maximum absolute atomic E-state index is 12.7. The van der Waals surface area contributed by atoms with Gasteiger partial charge in [0.15, 0.2) is 0 Å². The molecule has 1 atom stereocenters. The summed E-state index contributed by atoms with van der Waals surface area (Å²) in [7, 11) is -3.51. The van der Waals surface area contributed by atoms with Crippen LogP contribution in [0.1, 0.15) is 29.3 Å². The highest BCUT2D eigenvalue weighted by atomic mass is 32.2. The summed E-state index contributed by atoms with van der Waals surface area (Å²) in [6, 6.07) is 6.64. The van der Waals surface area contributed by atoms with Crippen LogP contribution in [0.15, 0.2) is 46.8 Å². The summed E-state index contributed by atoms with van der Waals surface area (Å²) in [6.45, 7) is 3.02. The number of thiazole rings is 1.